The van der Waals surface area contributed by atoms with E-state index in [9.17, 15) is 4.79 Å². The van der Waals surface area contributed by atoms with Crippen LogP contribution in [0.25, 0.3) is 0 Å². The van der Waals surface area contributed by atoms with Crippen LogP contribution in [0, 0.1) is 0 Å². The normalized spacial score (nSPS) is 27.1. The minimum atomic E-state index is -0.173. The summed E-state index contributed by atoms with van der Waals surface area (Å²) in [5, 5.41) is 0. The summed E-state index contributed by atoms with van der Waals surface area (Å²) in [6, 6.07) is 3.94. The summed E-state index contributed by atoms with van der Waals surface area (Å²) in [4.78, 5) is 20.7. The Morgan fingerprint density at radius 3 is 3.08 bits per heavy atom. The van der Waals surface area contributed by atoms with Crippen LogP contribution in [0.1, 0.15) is 24.8 Å². The van der Waals surface area contributed by atoms with Gasteiger partial charge in [0.05, 0.1) is 12.1 Å². The van der Waals surface area contributed by atoms with Crippen molar-refractivity contribution in [2.75, 3.05) is 40.4 Å². The van der Waals surface area contributed by atoms with Crippen LogP contribution in [0.15, 0.2) is 24.5 Å². The number of pyridine rings is 1. The number of amides is 1. The zero-order valence-electron chi connectivity index (χ0n) is 14.6. The van der Waals surface area contributed by atoms with E-state index in [0.29, 0.717) is 19.6 Å². The fourth-order valence-electron chi connectivity index (χ4n) is 3.82. The third kappa shape index (κ3) is 3.77. The van der Waals surface area contributed by atoms with Crippen molar-refractivity contribution in [1.82, 2.24) is 14.8 Å². The molecular formula is C18H27N3O3. The van der Waals surface area contributed by atoms with Crippen molar-refractivity contribution < 1.29 is 14.3 Å². The molecule has 0 aromatic carbocycles. The smallest absolute Gasteiger partial charge is 0.236 e. The molecule has 1 amide bonds. The SMILES string of the molecule is CO[C@H]1CN(C(=O)CN(C)Cc2cccnc2)CC[C@@]12CCCO2. The van der Waals surface area contributed by atoms with Crippen molar-refractivity contribution in [1.29, 1.82) is 0 Å². The molecule has 3 rings (SSSR count). The van der Waals surface area contributed by atoms with E-state index in [2.05, 4.69) is 4.98 Å². The highest BCUT2D eigenvalue weighted by atomic mass is 16.5. The molecule has 1 spiro atoms. The molecule has 1 aromatic heterocycles. The summed E-state index contributed by atoms with van der Waals surface area (Å²) in [6.45, 7) is 3.30. The van der Waals surface area contributed by atoms with E-state index >= 15 is 0 Å². The van der Waals surface area contributed by atoms with Gasteiger partial charge in [-0.2, -0.15) is 0 Å². The molecule has 0 bridgehead atoms. The second kappa shape index (κ2) is 7.59. The Balaban J connectivity index is 1.54. The molecule has 0 saturated carbocycles. The lowest BCUT2D eigenvalue weighted by Gasteiger charge is -2.44. The summed E-state index contributed by atoms with van der Waals surface area (Å²) < 4.78 is 11.7. The van der Waals surface area contributed by atoms with Crippen LogP contribution in [-0.4, -0.2) is 72.8 Å². The lowest BCUT2D eigenvalue weighted by molar-refractivity contribution is -0.159. The zero-order valence-corrected chi connectivity index (χ0v) is 14.6. The maximum atomic E-state index is 12.6. The summed E-state index contributed by atoms with van der Waals surface area (Å²) in [7, 11) is 3.68. The first-order chi connectivity index (χ1) is 11.6. The summed E-state index contributed by atoms with van der Waals surface area (Å²) >= 11 is 0. The Hall–Kier alpha value is -1.50. The molecule has 132 valence electrons. The number of likely N-dealkylation sites (N-methyl/N-ethyl adjacent to an activating group) is 1. The molecule has 2 aliphatic heterocycles. The number of piperidine rings is 1. The van der Waals surface area contributed by atoms with E-state index in [-0.39, 0.29) is 17.6 Å². The van der Waals surface area contributed by atoms with Gasteiger partial charge >= 0.3 is 0 Å². The number of carbonyl (C=O) groups is 1. The standard InChI is InChI=1S/C18H27N3O3/c1-20(12-15-5-3-8-19-11-15)14-17(22)21-9-7-18(6-4-10-24-18)16(13-21)23-2/h3,5,8,11,16H,4,6-7,9-10,12-14H2,1-2H3/t16-,18-/m0/s1. The molecule has 6 nitrogen and oxygen atoms in total. The van der Waals surface area contributed by atoms with Crippen LogP contribution < -0.4 is 0 Å². The van der Waals surface area contributed by atoms with Crippen LogP contribution in [0.5, 0.6) is 0 Å². The number of ether oxygens (including phenoxy) is 2. The van der Waals surface area contributed by atoms with Gasteiger partial charge in [-0.3, -0.25) is 14.7 Å². The van der Waals surface area contributed by atoms with Crippen molar-refractivity contribution in [3.05, 3.63) is 30.1 Å². The minimum Gasteiger partial charge on any atom is -0.377 e. The number of hydrogen-bond acceptors (Lipinski definition) is 5. The number of likely N-dealkylation sites (tertiary alicyclic amines) is 1. The Labute approximate surface area is 143 Å². The molecule has 1 aromatic rings. The van der Waals surface area contributed by atoms with Crippen LogP contribution in [0.3, 0.4) is 0 Å². The van der Waals surface area contributed by atoms with Crippen molar-refractivity contribution in [2.24, 2.45) is 0 Å². The van der Waals surface area contributed by atoms with E-state index in [0.717, 1.165) is 38.0 Å². The fraction of sp³-hybridized carbons (Fsp3) is 0.667. The van der Waals surface area contributed by atoms with Crippen molar-refractivity contribution in [3.63, 3.8) is 0 Å². The van der Waals surface area contributed by atoms with Gasteiger partial charge in [-0.1, -0.05) is 6.07 Å². The Morgan fingerprint density at radius 1 is 1.54 bits per heavy atom. The number of nitrogens with zero attached hydrogens (tertiary/aromatic N) is 3. The molecule has 6 heteroatoms. The summed E-state index contributed by atoms with van der Waals surface area (Å²) in [5.41, 5.74) is 0.937. The van der Waals surface area contributed by atoms with Gasteiger partial charge in [0.2, 0.25) is 5.91 Å². The van der Waals surface area contributed by atoms with Gasteiger partial charge in [0.25, 0.3) is 0 Å². The molecule has 0 radical (unpaired) electrons. The van der Waals surface area contributed by atoms with E-state index in [1.54, 1.807) is 13.3 Å². The van der Waals surface area contributed by atoms with E-state index in [4.69, 9.17) is 9.47 Å². The second-order valence-electron chi connectivity index (χ2n) is 6.86. The van der Waals surface area contributed by atoms with Crippen LogP contribution in [-0.2, 0) is 20.8 Å². The highest BCUT2D eigenvalue weighted by Crippen LogP contribution is 2.37. The number of methoxy groups -OCH3 is 1. The number of rotatable bonds is 5. The lowest BCUT2D eigenvalue weighted by Crippen LogP contribution is -2.58. The van der Waals surface area contributed by atoms with Gasteiger partial charge in [0.1, 0.15) is 6.10 Å². The average Bonchev–Trinajstić information content (AvgIpc) is 3.05. The topological polar surface area (TPSA) is 54.9 Å². The van der Waals surface area contributed by atoms with Gasteiger partial charge in [0.15, 0.2) is 0 Å². The Bertz CT molecular complexity index is 546. The van der Waals surface area contributed by atoms with Gasteiger partial charge in [-0.25, -0.2) is 0 Å². The maximum Gasteiger partial charge on any atom is 0.236 e. The predicted octanol–water partition coefficient (Wildman–Crippen LogP) is 1.31. The minimum absolute atomic E-state index is 0.0265. The molecule has 2 atom stereocenters. The maximum absolute atomic E-state index is 12.6. The number of hydrogen-bond donors (Lipinski definition) is 0. The van der Waals surface area contributed by atoms with Crippen LogP contribution >= 0.6 is 0 Å². The van der Waals surface area contributed by atoms with Gasteiger partial charge in [0, 0.05) is 45.7 Å². The van der Waals surface area contributed by atoms with Crippen molar-refractivity contribution in [2.45, 2.75) is 37.5 Å². The van der Waals surface area contributed by atoms with Crippen LogP contribution in [0.2, 0.25) is 0 Å². The number of aromatic nitrogens is 1. The first-order valence-electron chi connectivity index (χ1n) is 8.65. The molecule has 0 unspecified atom stereocenters. The zero-order chi connectivity index (χ0) is 17.0. The van der Waals surface area contributed by atoms with Gasteiger partial charge < -0.3 is 14.4 Å². The Morgan fingerprint density at radius 2 is 2.42 bits per heavy atom. The molecule has 2 saturated heterocycles. The third-order valence-corrected chi connectivity index (χ3v) is 5.13. The molecule has 0 N–H and O–H groups in total. The molecule has 2 aliphatic rings. The van der Waals surface area contributed by atoms with Gasteiger partial charge in [-0.15, -0.1) is 0 Å². The lowest BCUT2D eigenvalue weighted by atomic mass is 9.86. The predicted molar refractivity (Wildman–Crippen MR) is 90.5 cm³/mol. The van der Waals surface area contributed by atoms with E-state index in [1.165, 1.54) is 0 Å². The summed E-state index contributed by atoms with van der Waals surface area (Å²) in [5.74, 6) is 0.149. The molecule has 24 heavy (non-hydrogen) atoms. The van der Waals surface area contributed by atoms with Crippen LogP contribution in [0.4, 0.5) is 0 Å². The van der Waals surface area contributed by atoms with E-state index in [1.807, 2.05) is 35.2 Å². The third-order valence-electron chi connectivity index (χ3n) is 5.13. The molecule has 2 fully saturated rings. The molecular weight excluding hydrogens is 306 g/mol. The largest absolute Gasteiger partial charge is 0.377 e. The molecule has 3 heterocycles. The second-order valence-corrected chi connectivity index (χ2v) is 6.86. The highest BCUT2D eigenvalue weighted by Gasteiger charge is 2.47. The van der Waals surface area contributed by atoms with E-state index < -0.39 is 0 Å². The highest BCUT2D eigenvalue weighted by molar-refractivity contribution is 5.78. The van der Waals surface area contributed by atoms with Crippen molar-refractivity contribution in [3.8, 4) is 0 Å². The first kappa shape index (κ1) is 17.3. The monoisotopic (exact) mass is 333 g/mol. The number of carbonyl (C=O) groups excluding carboxylic acids is 1. The van der Waals surface area contributed by atoms with Crippen molar-refractivity contribution >= 4 is 5.91 Å². The average molecular weight is 333 g/mol. The first-order valence-corrected chi connectivity index (χ1v) is 8.65. The fourth-order valence-corrected chi connectivity index (χ4v) is 3.82. The quantitative estimate of drug-likeness (QED) is 0.813. The Kier molecular flexibility index (Phi) is 5.48. The van der Waals surface area contributed by atoms with Gasteiger partial charge in [-0.05, 0) is 37.9 Å². The molecule has 0 aliphatic carbocycles. The summed E-state index contributed by atoms with van der Waals surface area (Å²) in [6.07, 6.45) is 6.55.